The van der Waals surface area contributed by atoms with Crippen LogP contribution in [-0.2, 0) is 20.9 Å². The summed E-state index contributed by atoms with van der Waals surface area (Å²) >= 11 is 0. The minimum atomic E-state index is 0.0342. The highest BCUT2D eigenvalue weighted by Gasteiger charge is 2.30. The zero-order valence-electron chi connectivity index (χ0n) is 18.9. The maximum Gasteiger partial charge on any atom is 0.227 e. The van der Waals surface area contributed by atoms with Gasteiger partial charge >= 0.3 is 0 Å². The van der Waals surface area contributed by atoms with E-state index in [1.807, 2.05) is 37.2 Å². The second-order valence-electron chi connectivity index (χ2n) is 8.87. The fraction of sp³-hybridized carbons (Fsp3) is 0.667. The average Bonchev–Trinajstić information content (AvgIpc) is 3.45. The third kappa shape index (κ3) is 5.75. The van der Waals surface area contributed by atoms with Crippen LogP contribution in [0.5, 0.6) is 0 Å². The molecule has 3 rings (SSSR count). The van der Waals surface area contributed by atoms with Crippen molar-refractivity contribution in [1.82, 2.24) is 4.90 Å². The molecule has 0 unspecified atom stereocenters. The Bertz CT molecular complexity index is 735. The zero-order chi connectivity index (χ0) is 21.7. The molecule has 1 atom stereocenters. The van der Waals surface area contributed by atoms with Crippen molar-refractivity contribution in [3.05, 3.63) is 23.8 Å². The molecular weight excluding hydrogens is 378 g/mol. The average molecular weight is 416 g/mol. The molecule has 1 aliphatic carbocycles. The van der Waals surface area contributed by atoms with Gasteiger partial charge in [0.2, 0.25) is 11.8 Å². The number of anilines is 2. The number of nitrogens with zero attached hydrogens (tertiary/aromatic N) is 2. The van der Waals surface area contributed by atoms with Gasteiger partial charge in [0.25, 0.3) is 0 Å². The fourth-order valence-corrected chi connectivity index (χ4v) is 4.18. The summed E-state index contributed by atoms with van der Waals surface area (Å²) in [6, 6.07) is 6.01. The van der Waals surface area contributed by atoms with Gasteiger partial charge in [0.05, 0.1) is 6.10 Å². The van der Waals surface area contributed by atoms with E-state index in [0.29, 0.717) is 13.1 Å². The minimum Gasteiger partial charge on any atom is -0.377 e. The number of hydrogen-bond acceptors (Lipinski definition) is 4. The first-order valence-corrected chi connectivity index (χ1v) is 11.4. The number of carbonyl (C=O) groups excluding carboxylic acids is 2. The van der Waals surface area contributed by atoms with Crippen LogP contribution in [-0.4, -0.2) is 50.1 Å². The van der Waals surface area contributed by atoms with Crippen LogP contribution >= 0.6 is 0 Å². The summed E-state index contributed by atoms with van der Waals surface area (Å²) in [5.41, 5.74) is 2.92. The second kappa shape index (κ2) is 10.3. The van der Waals surface area contributed by atoms with Crippen LogP contribution in [0, 0.1) is 11.8 Å². The summed E-state index contributed by atoms with van der Waals surface area (Å²) in [5.74, 6) is 0.497. The van der Waals surface area contributed by atoms with Gasteiger partial charge < -0.3 is 19.9 Å². The highest BCUT2D eigenvalue weighted by atomic mass is 16.5. The Morgan fingerprint density at radius 3 is 2.47 bits per heavy atom. The molecule has 6 heteroatoms. The summed E-state index contributed by atoms with van der Waals surface area (Å²) in [4.78, 5) is 29.6. The number of amides is 2. The summed E-state index contributed by atoms with van der Waals surface area (Å²) in [7, 11) is 4.02. The van der Waals surface area contributed by atoms with E-state index in [-0.39, 0.29) is 29.8 Å². The predicted octanol–water partition coefficient (Wildman–Crippen LogP) is 4.04. The molecular formula is C24H37N3O3. The molecule has 1 saturated heterocycles. The molecule has 1 aromatic rings. The summed E-state index contributed by atoms with van der Waals surface area (Å²) in [6.07, 6.45) is 5.82. The van der Waals surface area contributed by atoms with Crippen LogP contribution in [0.15, 0.2) is 18.2 Å². The van der Waals surface area contributed by atoms with Crippen molar-refractivity contribution in [2.75, 3.05) is 37.5 Å². The monoisotopic (exact) mass is 415 g/mol. The fourth-order valence-electron chi connectivity index (χ4n) is 4.18. The van der Waals surface area contributed by atoms with Gasteiger partial charge in [-0.1, -0.05) is 13.8 Å². The van der Waals surface area contributed by atoms with Crippen molar-refractivity contribution in [3.8, 4) is 0 Å². The SMILES string of the molecule is CCC(CC)C(=O)N(Cc1cc(NC(=O)C2CC2)ccc1N(C)C)C[C@@H]1CCCO1. The smallest absolute Gasteiger partial charge is 0.227 e. The van der Waals surface area contributed by atoms with E-state index < -0.39 is 0 Å². The van der Waals surface area contributed by atoms with Gasteiger partial charge in [-0.05, 0) is 62.3 Å². The number of nitrogens with one attached hydrogen (secondary N) is 1. The van der Waals surface area contributed by atoms with Crippen LogP contribution in [0.25, 0.3) is 0 Å². The standard InChI is InChI=1S/C24H37N3O3/c1-5-17(6-2)24(29)27(16-21-8-7-13-30-21)15-19-14-20(11-12-22(19)26(3)4)25-23(28)18-9-10-18/h11-12,14,17-18,21H,5-10,13,15-16H2,1-4H3,(H,25,28)/t21-/m0/s1. The Hall–Kier alpha value is -2.08. The molecule has 2 fully saturated rings. The normalized spacial score (nSPS) is 18.5. The second-order valence-corrected chi connectivity index (χ2v) is 8.87. The van der Waals surface area contributed by atoms with Crippen LogP contribution in [0.4, 0.5) is 11.4 Å². The molecule has 1 saturated carbocycles. The van der Waals surface area contributed by atoms with E-state index in [1.54, 1.807) is 0 Å². The largest absolute Gasteiger partial charge is 0.377 e. The van der Waals surface area contributed by atoms with Crippen molar-refractivity contribution in [2.24, 2.45) is 11.8 Å². The van der Waals surface area contributed by atoms with Crippen molar-refractivity contribution < 1.29 is 14.3 Å². The molecule has 1 aliphatic heterocycles. The van der Waals surface area contributed by atoms with Crippen molar-refractivity contribution in [1.29, 1.82) is 0 Å². The Kier molecular flexibility index (Phi) is 7.75. The number of rotatable bonds is 10. The van der Waals surface area contributed by atoms with Crippen molar-refractivity contribution >= 4 is 23.2 Å². The molecule has 6 nitrogen and oxygen atoms in total. The Morgan fingerprint density at radius 2 is 1.90 bits per heavy atom. The number of benzene rings is 1. The molecule has 0 radical (unpaired) electrons. The molecule has 2 amide bonds. The molecule has 0 spiro atoms. The molecule has 0 bridgehead atoms. The Morgan fingerprint density at radius 1 is 1.17 bits per heavy atom. The van der Waals surface area contributed by atoms with Crippen LogP contribution < -0.4 is 10.2 Å². The van der Waals surface area contributed by atoms with Gasteiger partial charge in [0.1, 0.15) is 0 Å². The first-order chi connectivity index (χ1) is 14.4. The van der Waals surface area contributed by atoms with E-state index in [1.165, 1.54) is 0 Å². The summed E-state index contributed by atoms with van der Waals surface area (Å²) in [5, 5.41) is 3.05. The van der Waals surface area contributed by atoms with Gasteiger partial charge in [-0.25, -0.2) is 0 Å². The molecule has 1 heterocycles. The number of ether oxygens (including phenoxy) is 1. The third-order valence-corrected chi connectivity index (χ3v) is 6.23. The molecule has 1 aromatic carbocycles. The molecule has 1 N–H and O–H groups in total. The number of carbonyl (C=O) groups is 2. The highest BCUT2D eigenvalue weighted by molar-refractivity contribution is 5.94. The van der Waals surface area contributed by atoms with Crippen molar-refractivity contribution in [2.45, 2.75) is 65.0 Å². The maximum absolute atomic E-state index is 13.3. The van der Waals surface area contributed by atoms with E-state index in [0.717, 1.165) is 62.1 Å². The van der Waals surface area contributed by atoms with Gasteiger partial charge in [-0.15, -0.1) is 0 Å². The lowest BCUT2D eigenvalue weighted by Gasteiger charge is -2.30. The lowest BCUT2D eigenvalue weighted by molar-refractivity contribution is -0.138. The number of hydrogen-bond donors (Lipinski definition) is 1. The van der Waals surface area contributed by atoms with Gasteiger partial charge in [0.15, 0.2) is 0 Å². The van der Waals surface area contributed by atoms with Gasteiger partial charge in [-0.3, -0.25) is 9.59 Å². The van der Waals surface area contributed by atoms with E-state index >= 15 is 0 Å². The van der Waals surface area contributed by atoms with Gasteiger partial charge in [0, 0.05) is 57.0 Å². The predicted molar refractivity (Wildman–Crippen MR) is 121 cm³/mol. The van der Waals surface area contributed by atoms with E-state index in [9.17, 15) is 9.59 Å². The molecule has 2 aliphatic rings. The Balaban J connectivity index is 1.84. The van der Waals surface area contributed by atoms with Crippen LogP contribution in [0.2, 0.25) is 0 Å². The summed E-state index contributed by atoms with van der Waals surface area (Å²) < 4.78 is 5.84. The first kappa shape index (κ1) is 22.6. The lowest BCUT2D eigenvalue weighted by Crippen LogP contribution is -2.40. The first-order valence-electron chi connectivity index (χ1n) is 11.4. The van der Waals surface area contributed by atoms with Crippen LogP contribution in [0.1, 0.15) is 57.9 Å². The van der Waals surface area contributed by atoms with E-state index in [2.05, 4.69) is 24.1 Å². The zero-order valence-corrected chi connectivity index (χ0v) is 18.9. The summed E-state index contributed by atoms with van der Waals surface area (Å²) in [6.45, 7) is 6.09. The van der Waals surface area contributed by atoms with E-state index in [4.69, 9.17) is 4.74 Å². The topological polar surface area (TPSA) is 61.9 Å². The highest BCUT2D eigenvalue weighted by Crippen LogP contribution is 2.31. The molecule has 0 aromatic heterocycles. The Labute approximate surface area is 180 Å². The molecule has 166 valence electrons. The quantitative estimate of drug-likeness (QED) is 0.626. The maximum atomic E-state index is 13.3. The van der Waals surface area contributed by atoms with Crippen molar-refractivity contribution in [3.63, 3.8) is 0 Å². The van der Waals surface area contributed by atoms with Crippen LogP contribution in [0.3, 0.4) is 0 Å². The third-order valence-electron chi connectivity index (χ3n) is 6.23. The minimum absolute atomic E-state index is 0.0342. The van der Waals surface area contributed by atoms with Gasteiger partial charge in [-0.2, -0.15) is 0 Å². The molecule has 30 heavy (non-hydrogen) atoms. The lowest BCUT2D eigenvalue weighted by atomic mass is 10.0.